The van der Waals surface area contributed by atoms with Crippen LogP contribution in [0.4, 0.5) is 0 Å². The first kappa shape index (κ1) is 12.2. The van der Waals surface area contributed by atoms with Crippen LogP contribution >= 0.6 is 0 Å². The SMILES string of the molecule is CC(c1ccc(O)cc1)c1ccc(C(=O)O)cc1. The van der Waals surface area contributed by atoms with Gasteiger partial charge in [-0.15, -0.1) is 0 Å². The number of phenolic OH excluding ortho intramolecular Hbond substituents is 1. The van der Waals surface area contributed by atoms with Gasteiger partial charge in [-0.1, -0.05) is 31.2 Å². The molecule has 0 bridgehead atoms. The van der Waals surface area contributed by atoms with E-state index in [2.05, 4.69) is 0 Å². The molecule has 0 fully saturated rings. The van der Waals surface area contributed by atoms with Crippen LogP contribution in [0.3, 0.4) is 0 Å². The first-order chi connectivity index (χ1) is 8.58. The van der Waals surface area contributed by atoms with Gasteiger partial charge in [-0.05, 0) is 35.4 Å². The molecule has 0 heterocycles. The van der Waals surface area contributed by atoms with E-state index < -0.39 is 5.97 Å². The van der Waals surface area contributed by atoms with Crippen molar-refractivity contribution in [3.8, 4) is 5.75 Å². The van der Waals surface area contributed by atoms with Crippen molar-refractivity contribution in [2.45, 2.75) is 12.8 Å². The summed E-state index contributed by atoms with van der Waals surface area (Å²) in [5.41, 5.74) is 2.42. The molecule has 2 rings (SSSR count). The summed E-state index contributed by atoms with van der Waals surface area (Å²) in [4.78, 5) is 10.8. The number of benzene rings is 2. The van der Waals surface area contributed by atoms with Crippen LogP contribution in [0.15, 0.2) is 48.5 Å². The second kappa shape index (κ2) is 4.92. The third-order valence-electron chi connectivity index (χ3n) is 3.05. The molecule has 0 spiro atoms. The van der Waals surface area contributed by atoms with Crippen molar-refractivity contribution in [3.05, 3.63) is 65.2 Å². The van der Waals surface area contributed by atoms with E-state index in [4.69, 9.17) is 5.11 Å². The van der Waals surface area contributed by atoms with Crippen molar-refractivity contribution in [1.82, 2.24) is 0 Å². The van der Waals surface area contributed by atoms with Gasteiger partial charge >= 0.3 is 5.97 Å². The minimum absolute atomic E-state index is 0.161. The Hall–Kier alpha value is -2.29. The molecule has 0 radical (unpaired) electrons. The van der Waals surface area contributed by atoms with Gasteiger partial charge in [0.1, 0.15) is 5.75 Å². The standard InChI is InChI=1S/C15H14O3/c1-10(12-6-8-14(16)9-7-12)11-2-4-13(5-3-11)15(17)18/h2-10,16H,1H3,(H,17,18). The fourth-order valence-electron chi connectivity index (χ4n) is 1.87. The third kappa shape index (κ3) is 2.51. The number of carboxylic acid groups (broad SMARTS) is 1. The summed E-state index contributed by atoms with van der Waals surface area (Å²) in [6.07, 6.45) is 0. The Balaban J connectivity index is 2.25. The Labute approximate surface area is 105 Å². The molecule has 3 heteroatoms. The summed E-state index contributed by atoms with van der Waals surface area (Å²) in [7, 11) is 0. The van der Waals surface area contributed by atoms with E-state index in [1.807, 2.05) is 31.2 Å². The zero-order valence-corrected chi connectivity index (χ0v) is 10.00. The summed E-state index contributed by atoms with van der Waals surface area (Å²) in [6.45, 7) is 2.04. The van der Waals surface area contributed by atoms with Crippen LogP contribution in [0.5, 0.6) is 5.75 Å². The maximum Gasteiger partial charge on any atom is 0.335 e. The molecule has 0 aliphatic heterocycles. The minimum atomic E-state index is -0.918. The molecular weight excluding hydrogens is 228 g/mol. The molecule has 3 nitrogen and oxygen atoms in total. The molecule has 0 saturated heterocycles. The lowest BCUT2D eigenvalue weighted by atomic mass is 9.92. The van der Waals surface area contributed by atoms with E-state index in [1.54, 1.807) is 24.3 Å². The largest absolute Gasteiger partial charge is 0.508 e. The molecule has 2 aromatic carbocycles. The van der Waals surface area contributed by atoms with Gasteiger partial charge in [-0.25, -0.2) is 4.79 Å². The number of aromatic carboxylic acids is 1. The smallest absolute Gasteiger partial charge is 0.335 e. The second-order valence-electron chi connectivity index (χ2n) is 4.24. The highest BCUT2D eigenvalue weighted by atomic mass is 16.4. The van der Waals surface area contributed by atoms with E-state index in [1.165, 1.54) is 0 Å². The number of rotatable bonds is 3. The van der Waals surface area contributed by atoms with Crippen LogP contribution < -0.4 is 0 Å². The summed E-state index contributed by atoms with van der Waals surface area (Å²) in [5.74, 6) is -0.514. The average molecular weight is 242 g/mol. The zero-order valence-electron chi connectivity index (χ0n) is 10.00. The van der Waals surface area contributed by atoms with E-state index >= 15 is 0 Å². The topological polar surface area (TPSA) is 57.5 Å². The Kier molecular flexibility index (Phi) is 3.33. The fourth-order valence-corrected chi connectivity index (χ4v) is 1.87. The highest BCUT2D eigenvalue weighted by Crippen LogP contribution is 2.25. The van der Waals surface area contributed by atoms with E-state index in [9.17, 15) is 9.90 Å². The summed E-state index contributed by atoms with van der Waals surface area (Å²) < 4.78 is 0. The first-order valence-electron chi connectivity index (χ1n) is 5.70. The molecule has 1 unspecified atom stereocenters. The Morgan fingerprint density at radius 2 is 1.39 bits per heavy atom. The molecule has 0 aromatic heterocycles. The van der Waals surface area contributed by atoms with Crippen LogP contribution in [0.25, 0.3) is 0 Å². The van der Waals surface area contributed by atoms with Crippen molar-refractivity contribution in [3.63, 3.8) is 0 Å². The molecular formula is C15H14O3. The van der Waals surface area contributed by atoms with Crippen LogP contribution in [-0.2, 0) is 0 Å². The molecule has 0 aliphatic carbocycles. The maximum absolute atomic E-state index is 10.8. The van der Waals surface area contributed by atoms with Crippen molar-refractivity contribution >= 4 is 5.97 Å². The fraction of sp³-hybridized carbons (Fsp3) is 0.133. The lowest BCUT2D eigenvalue weighted by Gasteiger charge is -2.12. The van der Waals surface area contributed by atoms with Gasteiger partial charge in [0.2, 0.25) is 0 Å². The molecule has 18 heavy (non-hydrogen) atoms. The van der Waals surface area contributed by atoms with Crippen molar-refractivity contribution in [1.29, 1.82) is 0 Å². The second-order valence-corrected chi connectivity index (χ2v) is 4.24. The quantitative estimate of drug-likeness (QED) is 0.868. The lowest BCUT2D eigenvalue weighted by Crippen LogP contribution is -1.99. The van der Waals surface area contributed by atoms with E-state index in [-0.39, 0.29) is 17.2 Å². The van der Waals surface area contributed by atoms with Gasteiger partial charge < -0.3 is 10.2 Å². The van der Waals surface area contributed by atoms with Gasteiger partial charge in [-0.2, -0.15) is 0 Å². The molecule has 92 valence electrons. The van der Waals surface area contributed by atoms with Gasteiger partial charge in [0, 0.05) is 5.92 Å². The molecule has 0 aliphatic rings. The molecule has 2 N–H and O–H groups in total. The Bertz CT molecular complexity index is 541. The molecule has 2 aromatic rings. The molecule has 1 atom stereocenters. The number of aromatic hydroxyl groups is 1. The Morgan fingerprint density at radius 1 is 0.944 bits per heavy atom. The number of hydrogen-bond acceptors (Lipinski definition) is 2. The van der Waals surface area contributed by atoms with Gasteiger partial charge in [0.25, 0.3) is 0 Å². The summed E-state index contributed by atoms with van der Waals surface area (Å²) in [5, 5.41) is 18.1. The first-order valence-corrected chi connectivity index (χ1v) is 5.70. The van der Waals surface area contributed by atoms with Gasteiger partial charge in [0.05, 0.1) is 5.56 Å². The predicted molar refractivity (Wildman–Crippen MR) is 69.0 cm³/mol. The van der Waals surface area contributed by atoms with Crippen molar-refractivity contribution in [2.75, 3.05) is 0 Å². The van der Waals surface area contributed by atoms with Crippen molar-refractivity contribution in [2.24, 2.45) is 0 Å². The number of carboxylic acids is 1. The van der Waals surface area contributed by atoms with Crippen LogP contribution in [-0.4, -0.2) is 16.2 Å². The monoisotopic (exact) mass is 242 g/mol. The third-order valence-corrected chi connectivity index (χ3v) is 3.05. The summed E-state index contributed by atoms with van der Waals surface area (Å²) in [6, 6.07) is 13.9. The summed E-state index contributed by atoms with van der Waals surface area (Å²) >= 11 is 0. The van der Waals surface area contributed by atoms with E-state index in [0.717, 1.165) is 11.1 Å². The predicted octanol–water partition coefficient (Wildman–Crippen LogP) is 3.24. The van der Waals surface area contributed by atoms with Gasteiger partial charge in [-0.3, -0.25) is 0 Å². The Morgan fingerprint density at radius 3 is 1.83 bits per heavy atom. The minimum Gasteiger partial charge on any atom is -0.508 e. The lowest BCUT2D eigenvalue weighted by molar-refractivity contribution is 0.0697. The number of carbonyl (C=O) groups is 1. The molecule has 0 amide bonds. The van der Waals surface area contributed by atoms with Gasteiger partial charge in [0.15, 0.2) is 0 Å². The maximum atomic E-state index is 10.8. The average Bonchev–Trinajstić information content (AvgIpc) is 2.39. The molecule has 0 saturated carbocycles. The van der Waals surface area contributed by atoms with Crippen LogP contribution in [0.1, 0.15) is 34.3 Å². The zero-order chi connectivity index (χ0) is 13.1. The number of hydrogen-bond donors (Lipinski definition) is 2. The normalized spacial score (nSPS) is 12.1. The highest BCUT2D eigenvalue weighted by Gasteiger charge is 2.09. The van der Waals surface area contributed by atoms with Crippen molar-refractivity contribution < 1.29 is 15.0 Å². The van der Waals surface area contributed by atoms with Crippen LogP contribution in [0.2, 0.25) is 0 Å². The van der Waals surface area contributed by atoms with E-state index in [0.29, 0.717) is 0 Å². The van der Waals surface area contributed by atoms with Crippen LogP contribution in [0, 0.1) is 0 Å². The highest BCUT2D eigenvalue weighted by molar-refractivity contribution is 5.87. The number of phenols is 1.